The molecule has 0 unspecified atom stereocenters. The molecule has 0 spiro atoms. The van der Waals surface area contributed by atoms with Gasteiger partial charge in [-0.15, -0.1) is 22.7 Å². The first-order valence-electron chi connectivity index (χ1n) is 11.7. The van der Waals surface area contributed by atoms with Crippen molar-refractivity contribution in [2.24, 2.45) is 5.73 Å². The van der Waals surface area contributed by atoms with Crippen molar-refractivity contribution < 1.29 is 14.3 Å². The largest absolute Gasteiger partial charge is 0.444 e. The van der Waals surface area contributed by atoms with Crippen LogP contribution in [-0.2, 0) is 28.8 Å². The summed E-state index contributed by atoms with van der Waals surface area (Å²) in [7, 11) is 0. The standard InChI is InChI=1S/C13H18N2S.C12H18N2O3S/c1-3-10-11(9-14)13(16-12(10)4-2)15-7-5-6-8-15;1-12(2,3)17-11(16)14-9(10(13)15)7-8-5-4-6-18-8/h3-8H2,1-2H3;4-6,9H,7H2,1-3H3,(H2,13,15)(H,14,16)/t;9-/m.0/s1. The summed E-state index contributed by atoms with van der Waals surface area (Å²) < 4.78 is 5.08. The van der Waals surface area contributed by atoms with Crippen LogP contribution in [0, 0.1) is 11.3 Å². The Morgan fingerprint density at radius 3 is 2.41 bits per heavy atom. The Morgan fingerprint density at radius 2 is 1.94 bits per heavy atom. The van der Waals surface area contributed by atoms with E-state index in [0.717, 1.165) is 36.4 Å². The first-order valence-corrected chi connectivity index (χ1v) is 13.4. The Morgan fingerprint density at radius 1 is 1.26 bits per heavy atom. The number of nitrogens with two attached hydrogens (primary N) is 1. The Kier molecular flexibility index (Phi) is 10.4. The number of primary amides is 1. The molecule has 34 heavy (non-hydrogen) atoms. The van der Waals surface area contributed by atoms with E-state index in [9.17, 15) is 14.9 Å². The molecule has 1 atom stereocenters. The van der Waals surface area contributed by atoms with E-state index in [1.165, 1.54) is 39.6 Å². The minimum atomic E-state index is -0.751. The van der Waals surface area contributed by atoms with Crippen LogP contribution in [0.2, 0.25) is 0 Å². The van der Waals surface area contributed by atoms with E-state index in [4.69, 9.17) is 10.5 Å². The molecule has 0 aliphatic carbocycles. The summed E-state index contributed by atoms with van der Waals surface area (Å²) in [6.45, 7) is 11.8. The molecule has 1 fully saturated rings. The lowest BCUT2D eigenvalue weighted by Crippen LogP contribution is -2.47. The van der Waals surface area contributed by atoms with Crippen LogP contribution < -0.4 is 16.0 Å². The number of ether oxygens (including phenoxy) is 1. The second kappa shape index (κ2) is 12.8. The zero-order valence-electron chi connectivity index (χ0n) is 20.8. The highest BCUT2D eigenvalue weighted by Gasteiger charge is 2.24. The summed E-state index contributed by atoms with van der Waals surface area (Å²) in [6.07, 6.45) is 4.32. The molecular formula is C25H36N4O3S2. The van der Waals surface area contributed by atoms with Gasteiger partial charge >= 0.3 is 6.09 Å². The smallest absolute Gasteiger partial charge is 0.408 e. The van der Waals surface area contributed by atoms with E-state index in [0.29, 0.717) is 6.42 Å². The van der Waals surface area contributed by atoms with E-state index in [1.54, 1.807) is 20.8 Å². The number of nitrogens with zero attached hydrogens (tertiary/aromatic N) is 2. The Bertz CT molecular complexity index is 981. The second-order valence-electron chi connectivity index (χ2n) is 9.08. The van der Waals surface area contributed by atoms with Crippen LogP contribution in [0.5, 0.6) is 0 Å². The second-order valence-corrected chi connectivity index (χ2v) is 11.2. The van der Waals surface area contributed by atoms with Gasteiger partial charge in [0.2, 0.25) is 5.91 Å². The van der Waals surface area contributed by atoms with Crippen molar-refractivity contribution in [3.63, 3.8) is 0 Å². The van der Waals surface area contributed by atoms with E-state index in [-0.39, 0.29) is 0 Å². The fraction of sp³-hybridized carbons (Fsp3) is 0.560. The van der Waals surface area contributed by atoms with E-state index < -0.39 is 23.6 Å². The molecule has 1 aliphatic heterocycles. The summed E-state index contributed by atoms with van der Waals surface area (Å²) in [4.78, 5) is 27.6. The Balaban J connectivity index is 0.000000241. The number of nitriles is 1. The van der Waals surface area contributed by atoms with E-state index in [2.05, 4.69) is 30.1 Å². The molecule has 3 rings (SSSR count). The van der Waals surface area contributed by atoms with Gasteiger partial charge in [0.15, 0.2) is 0 Å². The van der Waals surface area contributed by atoms with Gasteiger partial charge in [0.25, 0.3) is 0 Å². The SMILES string of the molecule is CC(C)(C)OC(=O)N[C@@H](Cc1cccs1)C(N)=O.CCc1sc(N2CCCC2)c(C#N)c1CC. The maximum absolute atomic E-state index is 11.6. The van der Waals surface area contributed by atoms with Crippen molar-refractivity contribution in [3.8, 4) is 6.07 Å². The number of aryl methyl sites for hydroxylation is 1. The molecule has 0 radical (unpaired) electrons. The van der Waals surface area contributed by atoms with Gasteiger partial charge in [0.05, 0.1) is 5.56 Å². The highest BCUT2D eigenvalue weighted by Crippen LogP contribution is 2.37. The van der Waals surface area contributed by atoms with Crippen LogP contribution in [0.3, 0.4) is 0 Å². The molecular weight excluding hydrogens is 468 g/mol. The number of thiophene rings is 2. The van der Waals surface area contributed by atoms with Crippen molar-refractivity contribution in [3.05, 3.63) is 38.4 Å². The molecule has 1 saturated heterocycles. The van der Waals surface area contributed by atoms with Gasteiger partial charge in [-0.1, -0.05) is 19.9 Å². The number of carbonyl (C=O) groups excluding carboxylic acids is 2. The van der Waals surface area contributed by atoms with Crippen molar-refractivity contribution in [1.82, 2.24) is 5.32 Å². The maximum Gasteiger partial charge on any atom is 0.408 e. The van der Waals surface area contributed by atoms with Crippen molar-refractivity contribution in [2.45, 2.75) is 78.4 Å². The average Bonchev–Trinajstić information content (AvgIpc) is 3.51. The number of hydrogen-bond acceptors (Lipinski definition) is 7. The van der Waals surface area contributed by atoms with Crippen LogP contribution in [0.15, 0.2) is 17.5 Å². The van der Waals surface area contributed by atoms with Crippen molar-refractivity contribution in [1.29, 1.82) is 5.26 Å². The lowest BCUT2D eigenvalue weighted by Gasteiger charge is -2.22. The number of alkyl carbamates (subject to hydrolysis) is 1. The van der Waals surface area contributed by atoms with Gasteiger partial charge in [-0.05, 0) is 63.5 Å². The zero-order valence-corrected chi connectivity index (χ0v) is 22.4. The third-order valence-electron chi connectivity index (χ3n) is 5.27. The van der Waals surface area contributed by atoms with Gasteiger partial charge in [0.1, 0.15) is 22.7 Å². The summed E-state index contributed by atoms with van der Waals surface area (Å²) >= 11 is 3.34. The molecule has 3 heterocycles. The van der Waals surface area contributed by atoms with Crippen molar-refractivity contribution >= 4 is 39.7 Å². The van der Waals surface area contributed by atoms with Crippen LogP contribution in [0.1, 0.15) is 68.3 Å². The molecule has 3 N–H and O–H groups in total. The topological polar surface area (TPSA) is 108 Å². The minimum absolute atomic E-state index is 0.381. The number of nitrogens with one attached hydrogen (secondary N) is 1. The summed E-state index contributed by atoms with van der Waals surface area (Å²) in [5, 5.41) is 14.9. The molecule has 7 nitrogen and oxygen atoms in total. The number of rotatable bonds is 7. The zero-order chi connectivity index (χ0) is 25.3. The average molecular weight is 505 g/mol. The molecule has 2 aromatic heterocycles. The number of carbonyl (C=O) groups is 2. The maximum atomic E-state index is 11.6. The highest BCUT2D eigenvalue weighted by molar-refractivity contribution is 7.16. The predicted octanol–water partition coefficient (Wildman–Crippen LogP) is 5.01. The van der Waals surface area contributed by atoms with Gasteiger partial charge in [-0.3, -0.25) is 4.79 Å². The van der Waals surface area contributed by atoms with Crippen LogP contribution in [-0.4, -0.2) is 36.7 Å². The molecule has 2 amide bonds. The van der Waals surface area contributed by atoms with Crippen LogP contribution in [0.25, 0.3) is 0 Å². The normalized spacial score (nSPS) is 14.1. The summed E-state index contributed by atoms with van der Waals surface area (Å²) in [6, 6.07) is 5.43. The lowest BCUT2D eigenvalue weighted by molar-refractivity contribution is -0.120. The number of amides is 2. The van der Waals surface area contributed by atoms with Gasteiger partial charge in [0, 0.05) is 29.3 Å². The first-order chi connectivity index (χ1) is 16.1. The number of anilines is 1. The van der Waals surface area contributed by atoms with Crippen LogP contribution >= 0.6 is 22.7 Å². The third-order valence-corrected chi connectivity index (χ3v) is 7.61. The number of hydrogen-bond donors (Lipinski definition) is 2. The Labute approximate surface area is 210 Å². The molecule has 0 saturated carbocycles. The molecule has 0 aromatic carbocycles. The Hall–Kier alpha value is -2.57. The molecule has 186 valence electrons. The van der Waals surface area contributed by atoms with Gasteiger partial charge < -0.3 is 20.7 Å². The third kappa shape index (κ3) is 8.03. The summed E-state index contributed by atoms with van der Waals surface area (Å²) in [5.74, 6) is -0.575. The first kappa shape index (κ1) is 27.7. The fourth-order valence-electron chi connectivity index (χ4n) is 3.72. The lowest BCUT2D eigenvalue weighted by atomic mass is 10.1. The quantitative estimate of drug-likeness (QED) is 0.551. The molecule has 2 aromatic rings. The highest BCUT2D eigenvalue weighted by atomic mass is 32.1. The van der Waals surface area contributed by atoms with E-state index >= 15 is 0 Å². The molecule has 9 heteroatoms. The molecule has 0 bridgehead atoms. The monoisotopic (exact) mass is 504 g/mol. The van der Waals surface area contributed by atoms with Crippen LogP contribution in [0.4, 0.5) is 9.80 Å². The fourth-order valence-corrected chi connectivity index (χ4v) is 5.80. The van der Waals surface area contributed by atoms with Gasteiger partial charge in [-0.25, -0.2) is 4.79 Å². The van der Waals surface area contributed by atoms with Crippen molar-refractivity contribution in [2.75, 3.05) is 18.0 Å². The summed E-state index contributed by atoms with van der Waals surface area (Å²) in [5.41, 5.74) is 6.90. The predicted molar refractivity (Wildman–Crippen MR) is 140 cm³/mol. The van der Waals surface area contributed by atoms with Gasteiger partial charge in [-0.2, -0.15) is 5.26 Å². The molecule has 1 aliphatic rings. The minimum Gasteiger partial charge on any atom is -0.444 e. The van der Waals surface area contributed by atoms with E-state index in [1.807, 2.05) is 28.8 Å².